The predicted molar refractivity (Wildman–Crippen MR) is 127 cm³/mol. The molecular formula is C23H20ClN7O4. The lowest BCUT2D eigenvalue weighted by Gasteiger charge is -2.31. The molecule has 0 spiro atoms. The fourth-order valence-electron chi connectivity index (χ4n) is 4.26. The average molecular weight is 494 g/mol. The van der Waals surface area contributed by atoms with Gasteiger partial charge in [-0.25, -0.2) is 9.67 Å². The number of benzene rings is 2. The fraction of sp³-hybridized carbons (Fsp3) is 0.261. The summed E-state index contributed by atoms with van der Waals surface area (Å²) in [7, 11) is 0. The molecule has 35 heavy (non-hydrogen) atoms. The summed E-state index contributed by atoms with van der Waals surface area (Å²) >= 11 is 6.08. The van der Waals surface area contributed by atoms with E-state index in [-0.39, 0.29) is 28.6 Å². The third-order valence-corrected chi connectivity index (χ3v) is 6.34. The van der Waals surface area contributed by atoms with E-state index < -0.39 is 4.92 Å². The Balaban J connectivity index is 1.32. The van der Waals surface area contributed by atoms with E-state index >= 15 is 0 Å². The quantitative estimate of drug-likeness (QED) is 0.332. The highest BCUT2D eigenvalue weighted by molar-refractivity contribution is 6.30. The molecule has 2 aromatic carbocycles. The van der Waals surface area contributed by atoms with E-state index in [2.05, 4.69) is 20.3 Å². The molecule has 12 heteroatoms. The number of rotatable bonds is 5. The number of amides is 1. The summed E-state index contributed by atoms with van der Waals surface area (Å²) in [5.41, 5.74) is 1.46. The van der Waals surface area contributed by atoms with E-state index in [9.17, 15) is 19.7 Å². The first kappa shape index (κ1) is 22.7. The summed E-state index contributed by atoms with van der Waals surface area (Å²) in [6.45, 7) is 1.32. The van der Waals surface area contributed by atoms with Gasteiger partial charge in [-0.2, -0.15) is 0 Å². The lowest BCUT2D eigenvalue weighted by molar-refractivity contribution is -0.384. The van der Waals surface area contributed by atoms with E-state index in [1.54, 1.807) is 15.6 Å². The van der Waals surface area contributed by atoms with Crippen LogP contribution in [0.15, 0.2) is 53.3 Å². The van der Waals surface area contributed by atoms with Gasteiger partial charge in [0.25, 0.3) is 17.2 Å². The molecule has 1 fully saturated rings. The van der Waals surface area contributed by atoms with Gasteiger partial charge in [0.05, 0.1) is 11.5 Å². The van der Waals surface area contributed by atoms with Crippen LogP contribution in [-0.2, 0) is 6.54 Å². The number of nitro groups is 1. The topological polar surface area (TPSA) is 140 Å². The minimum Gasteiger partial charge on any atom is -0.339 e. The Labute approximate surface area is 203 Å². The molecule has 5 rings (SSSR count). The van der Waals surface area contributed by atoms with Crippen molar-refractivity contribution in [2.24, 2.45) is 0 Å². The van der Waals surface area contributed by atoms with Crippen molar-refractivity contribution in [3.8, 4) is 0 Å². The molecule has 1 aliphatic heterocycles. The molecule has 1 aliphatic rings. The van der Waals surface area contributed by atoms with E-state index in [1.165, 1.54) is 24.3 Å². The Bertz CT molecular complexity index is 1470. The molecule has 1 N–H and O–H groups in total. The third-order valence-electron chi connectivity index (χ3n) is 6.11. The Morgan fingerprint density at radius 2 is 1.91 bits per heavy atom. The van der Waals surface area contributed by atoms with Crippen LogP contribution in [0, 0.1) is 10.1 Å². The van der Waals surface area contributed by atoms with Gasteiger partial charge < -0.3 is 9.88 Å². The summed E-state index contributed by atoms with van der Waals surface area (Å²) in [6.07, 6.45) is 1.23. The molecular weight excluding hydrogens is 474 g/mol. The minimum absolute atomic E-state index is 0.0393. The van der Waals surface area contributed by atoms with Crippen LogP contribution < -0.4 is 5.56 Å². The van der Waals surface area contributed by atoms with E-state index in [0.29, 0.717) is 54.5 Å². The number of fused-ring (bicyclic) bond motifs is 1. The number of carbonyl (C=O) groups is 1. The molecule has 0 bridgehead atoms. The van der Waals surface area contributed by atoms with E-state index in [4.69, 9.17) is 11.6 Å². The Kier molecular flexibility index (Phi) is 6.00. The number of halogens is 1. The molecule has 1 saturated heterocycles. The van der Waals surface area contributed by atoms with Crippen LogP contribution in [0.4, 0.5) is 5.69 Å². The molecule has 0 saturated carbocycles. The van der Waals surface area contributed by atoms with Crippen LogP contribution >= 0.6 is 11.6 Å². The number of piperidine rings is 1. The first-order chi connectivity index (χ1) is 16.9. The van der Waals surface area contributed by atoms with Gasteiger partial charge >= 0.3 is 0 Å². The molecule has 1 amide bonds. The summed E-state index contributed by atoms with van der Waals surface area (Å²) in [5.74, 6) is 0.321. The van der Waals surface area contributed by atoms with Crippen LogP contribution in [0.1, 0.15) is 40.5 Å². The second kappa shape index (κ2) is 9.26. The molecule has 0 aliphatic carbocycles. The summed E-state index contributed by atoms with van der Waals surface area (Å²) in [6, 6.07) is 12.9. The molecule has 3 heterocycles. The zero-order valence-electron chi connectivity index (χ0n) is 18.4. The first-order valence-corrected chi connectivity index (χ1v) is 11.4. The highest BCUT2D eigenvalue weighted by Gasteiger charge is 2.27. The number of nitrogens with zero attached hydrogens (tertiary/aromatic N) is 6. The largest absolute Gasteiger partial charge is 0.339 e. The van der Waals surface area contributed by atoms with Crippen LogP contribution in [0.25, 0.3) is 11.2 Å². The van der Waals surface area contributed by atoms with Crippen molar-refractivity contribution in [2.75, 3.05) is 13.1 Å². The zero-order chi connectivity index (χ0) is 24.5. The number of aromatic nitrogens is 5. The average Bonchev–Trinajstić information content (AvgIpc) is 3.27. The lowest BCUT2D eigenvalue weighted by atomic mass is 9.95. The Morgan fingerprint density at radius 3 is 2.60 bits per heavy atom. The normalized spacial score (nSPS) is 14.4. The number of hydrogen-bond acceptors (Lipinski definition) is 7. The molecule has 0 atom stereocenters. The molecule has 0 unspecified atom stereocenters. The smallest absolute Gasteiger partial charge is 0.281 e. The van der Waals surface area contributed by atoms with Gasteiger partial charge in [0.1, 0.15) is 5.82 Å². The predicted octanol–water partition coefficient (Wildman–Crippen LogP) is 3.14. The van der Waals surface area contributed by atoms with Gasteiger partial charge in [0, 0.05) is 41.7 Å². The molecule has 4 aromatic rings. The standard InChI is InChI=1S/C23H20ClN7O4/c24-17-3-1-2-14(12-17)13-30-21-19(27-28-30)22(32)26-20(25-21)15-8-10-29(11-9-15)23(33)16-4-6-18(7-5-16)31(34)35/h1-7,12,15H,8-11,13H2,(H,25,26,32). The van der Waals surface area contributed by atoms with Gasteiger partial charge in [0.2, 0.25) is 0 Å². The van der Waals surface area contributed by atoms with Crippen LogP contribution in [0.3, 0.4) is 0 Å². The van der Waals surface area contributed by atoms with Crippen molar-refractivity contribution in [3.05, 3.63) is 91.0 Å². The van der Waals surface area contributed by atoms with Crippen molar-refractivity contribution in [1.29, 1.82) is 0 Å². The first-order valence-electron chi connectivity index (χ1n) is 11.0. The number of aromatic amines is 1. The highest BCUT2D eigenvalue weighted by Crippen LogP contribution is 2.27. The third kappa shape index (κ3) is 4.62. The van der Waals surface area contributed by atoms with Gasteiger partial charge in [-0.05, 0) is 42.7 Å². The number of hydrogen-bond donors (Lipinski definition) is 1. The SMILES string of the molecule is O=C(c1ccc([N+](=O)[O-])cc1)N1CCC(c2nc3c(nnn3Cc3cccc(Cl)c3)c(=O)[nH]2)CC1. The second-order valence-electron chi connectivity index (χ2n) is 8.37. The van der Waals surface area contributed by atoms with Crippen LogP contribution in [-0.4, -0.2) is 53.8 Å². The Hall–Kier alpha value is -4.12. The molecule has 178 valence electrons. The summed E-state index contributed by atoms with van der Waals surface area (Å²) < 4.78 is 1.58. The lowest BCUT2D eigenvalue weighted by Crippen LogP contribution is -2.38. The summed E-state index contributed by atoms with van der Waals surface area (Å²) in [4.78, 5) is 45.0. The maximum absolute atomic E-state index is 12.8. The monoisotopic (exact) mass is 493 g/mol. The number of H-pyrrole nitrogens is 1. The van der Waals surface area contributed by atoms with Gasteiger partial charge in [0.15, 0.2) is 11.2 Å². The van der Waals surface area contributed by atoms with Crippen molar-refractivity contribution in [2.45, 2.75) is 25.3 Å². The number of nitro benzene ring substituents is 1. The number of likely N-dealkylation sites (tertiary alicyclic amines) is 1. The number of non-ortho nitro benzene ring substituents is 1. The zero-order valence-corrected chi connectivity index (χ0v) is 19.2. The maximum Gasteiger partial charge on any atom is 0.281 e. The van der Waals surface area contributed by atoms with Gasteiger partial charge in [-0.3, -0.25) is 19.7 Å². The molecule has 0 radical (unpaired) electrons. The number of nitrogens with one attached hydrogen (secondary N) is 1. The second-order valence-corrected chi connectivity index (χ2v) is 8.81. The van der Waals surface area contributed by atoms with Crippen LogP contribution in [0.2, 0.25) is 5.02 Å². The summed E-state index contributed by atoms with van der Waals surface area (Å²) in [5, 5.41) is 19.5. The fourth-order valence-corrected chi connectivity index (χ4v) is 4.47. The van der Waals surface area contributed by atoms with Crippen molar-refractivity contribution in [3.63, 3.8) is 0 Å². The van der Waals surface area contributed by atoms with Crippen LogP contribution in [0.5, 0.6) is 0 Å². The number of carbonyl (C=O) groups excluding carboxylic acids is 1. The van der Waals surface area contributed by atoms with E-state index in [1.807, 2.05) is 18.2 Å². The minimum atomic E-state index is -0.499. The maximum atomic E-state index is 12.8. The van der Waals surface area contributed by atoms with Gasteiger partial charge in [-0.15, -0.1) is 5.10 Å². The van der Waals surface area contributed by atoms with Crippen molar-refractivity contribution < 1.29 is 9.72 Å². The van der Waals surface area contributed by atoms with Gasteiger partial charge in [-0.1, -0.05) is 28.9 Å². The van der Waals surface area contributed by atoms with E-state index in [0.717, 1.165) is 5.56 Å². The molecule has 2 aromatic heterocycles. The van der Waals surface area contributed by atoms with Crippen molar-refractivity contribution >= 4 is 34.4 Å². The highest BCUT2D eigenvalue weighted by atomic mass is 35.5. The Morgan fingerprint density at radius 1 is 1.17 bits per heavy atom. The molecule has 11 nitrogen and oxygen atoms in total. The van der Waals surface area contributed by atoms with Crippen molar-refractivity contribution in [1.82, 2.24) is 29.9 Å².